The molecule has 0 N–H and O–H groups in total. The van der Waals surface area contributed by atoms with Crippen molar-refractivity contribution in [2.24, 2.45) is 5.92 Å². The first-order chi connectivity index (χ1) is 5.11. The zero-order valence-corrected chi connectivity index (χ0v) is 10.1. The summed E-state index contributed by atoms with van der Waals surface area (Å²) in [7, 11) is 0. The monoisotopic (exact) mass is 267 g/mol. The average Bonchev–Trinajstić information content (AvgIpc) is 1.99. The smallest absolute Gasteiger partial charge is 0.0144 e. The third-order valence-electron chi connectivity index (χ3n) is 1.67. The fourth-order valence-corrected chi connectivity index (χ4v) is 1.12. The summed E-state index contributed by atoms with van der Waals surface area (Å²) in [6.45, 7) is 11.0. The Morgan fingerprint density at radius 2 is 1.82 bits per heavy atom. The molecular weight excluding hydrogens is 249 g/mol. The highest BCUT2D eigenvalue weighted by atomic mass is 127. The molecule has 11 heavy (non-hydrogen) atoms. The lowest BCUT2D eigenvalue weighted by Gasteiger charge is -2.17. The normalized spacial score (nSPS) is 12.4. The maximum atomic E-state index is 2.41. The first-order valence-corrected chi connectivity index (χ1v) is 5.30. The predicted octanol–water partition coefficient (Wildman–Crippen LogP) is 3.26. The van der Waals surface area contributed by atoms with Crippen LogP contribution < -0.4 is 0 Å². The Hall–Kier alpha value is 0.270. The lowest BCUT2D eigenvalue weighted by atomic mass is 10.2. The van der Waals surface area contributed by atoms with Gasteiger partial charge in [0.05, 0.1) is 0 Å². The van der Waals surface area contributed by atoms with Crippen LogP contribution >= 0.6 is 22.6 Å². The van der Waals surface area contributed by atoms with Crippen LogP contribution in [-0.2, 0) is 0 Å². The first-order valence-electron chi connectivity index (χ1n) is 4.23. The highest BCUT2D eigenvalue weighted by Gasteiger charge is 1.99. The van der Waals surface area contributed by atoms with Gasteiger partial charge in [-0.25, -0.2) is 0 Å². The highest BCUT2D eigenvalue weighted by Crippen LogP contribution is 2.17. The molecule has 0 bridgehead atoms. The molecule has 0 spiro atoms. The number of allylic oxidation sites excluding steroid dienone is 1. The molecule has 2 heteroatoms. The zero-order valence-electron chi connectivity index (χ0n) is 7.89. The van der Waals surface area contributed by atoms with Crippen LogP contribution in [0, 0.1) is 5.92 Å². The van der Waals surface area contributed by atoms with E-state index in [0.717, 1.165) is 13.1 Å². The van der Waals surface area contributed by atoms with E-state index >= 15 is 0 Å². The number of hydrogen-bond acceptors (Lipinski definition) is 1. The Morgan fingerprint density at radius 1 is 1.36 bits per heavy atom. The van der Waals surface area contributed by atoms with Crippen LogP contribution in [0.5, 0.6) is 0 Å². The van der Waals surface area contributed by atoms with Crippen molar-refractivity contribution in [3.63, 3.8) is 0 Å². The Bertz CT molecular complexity index is 126. The molecular formula is C9H18IN. The van der Waals surface area contributed by atoms with Crippen LogP contribution in [0.4, 0.5) is 0 Å². The van der Waals surface area contributed by atoms with E-state index in [1.165, 1.54) is 3.58 Å². The van der Waals surface area contributed by atoms with Crippen molar-refractivity contribution in [1.82, 2.24) is 4.90 Å². The quantitative estimate of drug-likeness (QED) is 0.707. The third kappa shape index (κ3) is 4.67. The molecule has 1 nitrogen and oxygen atoms in total. The van der Waals surface area contributed by atoms with Crippen molar-refractivity contribution in [2.75, 3.05) is 13.1 Å². The minimum atomic E-state index is 0.663. The molecule has 0 aromatic carbocycles. The Balaban J connectivity index is 4.03. The second kappa shape index (κ2) is 5.86. The molecule has 0 aliphatic rings. The summed E-state index contributed by atoms with van der Waals surface area (Å²) in [5, 5.41) is 0. The second-order valence-electron chi connectivity index (χ2n) is 2.89. The molecule has 0 aliphatic heterocycles. The Morgan fingerprint density at radius 3 is 2.09 bits per heavy atom. The van der Waals surface area contributed by atoms with E-state index in [2.05, 4.69) is 61.4 Å². The molecule has 0 aromatic rings. The second-order valence-corrected chi connectivity index (χ2v) is 4.14. The molecule has 0 aliphatic carbocycles. The number of halogens is 1. The van der Waals surface area contributed by atoms with Gasteiger partial charge in [-0.15, -0.1) is 0 Å². The molecule has 0 heterocycles. The van der Waals surface area contributed by atoms with Crippen LogP contribution in [0.1, 0.15) is 27.7 Å². The number of nitrogens with zero attached hydrogens (tertiary/aromatic N) is 1. The molecule has 0 atom stereocenters. The summed E-state index contributed by atoms with van der Waals surface area (Å²) >= 11 is 2.41. The fourth-order valence-electron chi connectivity index (χ4n) is 0.730. The van der Waals surface area contributed by atoms with Gasteiger partial charge < -0.3 is 4.90 Å². The maximum Gasteiger partial charge on any atom is 0.0144 e. The van der Waals surface area contributed by atoms with Crippen LogP contribution in [0.15, 0.2) is 9.78 Å². The molecule has 0 aromatic heterocycles. The van der Waals surface area contributed by atoms with Gasteiger partial charge in [-0.05, 0) is 42.4 Å². The van der Waals surface area contributed by atoms with Gasteiger partial charge in [0.2, 0.25) is 0 Å². The SMILES string of the molecule is CCN(/C=C(\I)C(C)C)CC. The summed E-state index contributed by atoms with van der Waals surface area (Å²) in [6.07, 6.45) is 2.26. The van der Waals surface area contributed by atoms with E-state index in [1.54, 1.807) is 0 Å². The van der Waals surface area contributed by atoms with E-state index in [-0.39, 0.29) is 0 Å². The summed E-state index contributed by atoms with van der Waals surface area (Å²) in [6, 6.07) is 0. The fraction of sp³-hybridized carbons (Fsp3) is 0.778. The van der Waals surface area contributed by atoms with Crippen molar-refractivity contribution < 1.29 is 0 Å². The molecule has 0 unspecified atom stereocenters. The van der Waals surface area contributed by atoms with Crippen LogP contribution in [0.3, 0.4) is 0 Å². The molecule has 0 radical (unpaired) electrons. The summed E-state index contributed by atoms with van der Waals surface area (Å²) in [4.78, 5) is 2.32. The first kappa shape index (κ1) is 11.3. The van der Waals surface area contributed by atoms with Gasteiger partial charge >= 0.3 is 0 Å². The number of hydrogen-bond donors (Lipinski definition) is 0. The molecule has 0 saturated heterocycles. The van der Waals surface area contributed by atoms with Crippen LogP contribution in [0.25, 0.3) is 0 Å². The summed E-state index contributed by atoms with van der Waals surface area (Å²) in [5.41, 5.74) is 0. The van der Waals surface area contributed by atoms with Crippen LogP contribution in [-0.4, -0.2) is 18.0 Å². The number of rotatable bonds is 4. The van der Waals surface area contributed by atoms with Crippen molar-refractivity contribution in [1.29, 1.82) is 0 Å². The maximum absolute atomic E-state index is 2.41. The molecule has 0 rings (SSSR count). The van der Waals surface area contributed by atoms with Gasteiger partial charge in [-0.2, -0.15) is 0 Å². The topological polar surface area (TPSA) is 3.24 Å². The summed E-state index contributed by atoms with van der Waals surface area (Å²) in [5.74, 6) is 0.663. The van der Waals surface area contributed by atoms with Gasteiger partial charge in [-0.1, -0.05) is 13.8 Å². The van der Waals surface area contributed by atoms with E-state index in [9.17, 15) is 0 Å². The van der Waals surface area contributed by atoms with Crippen molar-refractivity contribution in [3.05, 3.63) is 9.78 Å². The Kier molecular flexibility index (Phi) is 6.01. The highest BCUT2D eigenvalue weighted by molar-refractivity contribution is 14.1. The predicted molar refractivity (Wildman–Crippen MR) is 59.9 cm³/mol. The molecule has 0 fully saturated rings. The minimum absolute atomic E-state index is 0.663. The molecule has 0 saturated carbocycles. The van der Waals surface area contributed by atoms with Crippen LogP contribution in [0.2, 0.25) is 0 Å². The van der Waals surface area contributed by atoms with E-state index in [1.807, 2.05) is 0 Å². The van der Waals surface area contributed by atoms with Gasteiger partial charge in [0.15, 0.2) is 0 Å². The molecule has 66 valence electrons. The van der Waals surface area contributed by atoms with Gasteiger partial charge in [0.25, 0.3) is 0 Å². The van der Waals surface area contributed by atoms with Crippen molar-refractivity contribution in [3.8, 4) is 0 Å². The van der Waals surface area contributed by atoms with E-state index in [0.29, 0.717) is 5.92 Å². The zero-order chi connectivity index (χ0) is 8.85. The standard InChI is InChI=1S/C9H18IN/c1-5-11(6-2)7-9(10)8(3)4/h7-8H,5-6H2,1-4H3/b9-7-. The van der Waals surface area contributed by atoms with Crippen molar-refractivity contribution in [2.45, 2.75) is 27.7 Å². The minimum Gasteiger partial charge on any atom is -0.377 e. The average molecular weight is 267 g/mol. The third-order valence-corrected chi connectivity index (χ3v) is 3.19. The van der Waals surface area contributed by atoms with E-state index < -0.39 is 0 Å². The Labute approximate surface area is 84.0 Å². The lowest BCUT2D eigenvalue weighted by Crippen LogP contribution is -2.16. The largest absolute Gasteiger partial charge is 0.377 e. The lowest BCUT2D eigenvalue weighted by molar-refractivity contribution is 0.415. The van der Waals surface area contributed by atoms with E-state index in [4.69, 9.17) is 0 Å². The molecule has 0 amide bonds. The van der Waals surface area contributed by atoms with Gasteiger partial charge in [0, 0.05) is 22.9 Å². The van der Waals surface area contributed by atoms with Crippen molar-refractivity contribution >= 4 is 22.6 Å². The van der Waals surface area contributed by atoms with Gasteiger partial charge in [-0.3, -0.25) is 0 Å². The summed E-state index contributed by atoms with van der Waals surface area (Å²) < 4.78 is 1.44. The van der Waals surface area contributed by atoms with Gasteiger partial charge in [0.1, 0.15) is 0 Å².